The minimum Gasteiger partial charge on any atom is -0.484 e. The molecule has 27 heavy (non-hydrogen) atoms. The molecular formula is C21H15BrFNO3. The van der Waals surface area contributed by atoms with E-state index in [-0.39, 0.29) is 18.3 Å². The maximum absolute atomic E-state index is 13.0. The van der Waals surface area contributed by atoms with Gasteiger partial charge in [0.05, 0.1) is 5.69 Å². The smallest absolute Gasteiger partial charge is 0.262 e. The van der Waals surface area contributed by atoms with Crippen LogP contribution >= 0.6 is 15.9 Å². The SMILES string of the molecule is O=C(COc1ccc(C(=O)c2ccc(F)cc2)cc1)Nc1ccccc1Br. The number of hydrogen-bond donors (Lipinski definition) is 1. The van der Waals surface area contributed by atoms with E-state index in [9.17, 15) is 14.0 Å². The maximum atomic E-state index is 13.0. The highest BCUT2D eigenvalue weighted by Gasteiger charge is 2.10. The fourth-order valence-corrected chi connectivity index (χ4v) is 2.75. The van der Waals surface area contributed by atoms with Crippen LogP contribution in [-0.2, 0) is 4.79 Å². The van der Waals surface area contributed by atoms with Gasteiger partial charge in [-0.2, -0.15) is 0 Å². The highest BCUT2D eigenvalue weighted by Crippen LogP contribution is 2.21. The molecule has 0 aliphatic heterocycles. The van der Waals surface area contributed by atoms with Crippen molar-refractivity contribution in [2.45, 2.75) is 0 Å². The first-order chi connectivity index (χ1) is 13.0. The lowest BCUT2D eigenvalue weighted by atomic mass is 10.0. The van der Waals surface area contributed by atoms with Crippen LogP contribution in [0.1, 0.15) is 15.9 Å². The van der Waals surface area contributed by atoms with E-state index >= 15 is 0 Å². The molecule has 0 radical (unpaired) electrons. The summed E-state index contributed by atoms with van der Waals surface area (Å²) in [6, 6.07) is 19.1. The van der Waals surface area contributed by atoms with Crippen LogP contribution in [0.5, 0.6) is 5.75 Å². The van der Waals surface area contributed by atoms with Crippen molar-refractivity contribution in [3.8, 4) is 5.75 Å². The minimum atomic E-state index is -0.392. The van der Waals surface area contributed by atoms with Crippen molar-refractivity contribution in [1.82, 2.24) is 0 Å². The molecule has 1 N–H and O–H groups in total. The van der Waals surface area contributed by atoms with Crippen molar-refractivity contribution in [2.75, 3.05) is 11.9 Å². The molecule has 0 aliphatic carbocycles. The molecule has 0 spiro atoms. The predicted octanol–water partition coefficient (Wildman–Crippen LogP) is 4.84. The molecule has 1 amide bonds. The van der Waals surface area contributed by atoms with Crippen LogP contribution in [0.4, 0.5) is 10.1 Å². The second-order valence-corrected chi connectivity index (χ2v) is 6.53. The number of carbonyl (C=O) groups excluding carboxylic acids is 2. The number of ketones is 1. The standard InChI is InChI=1S/C21H15BrFNO3/c22-18-3-1-2-4-19(18)24-20(25)13-27-17-11-7-15(8-12-17)21(26)14-5-9-16(23)10-6-14/h1-12H,13H2,(H,24,25). The molecule has 0 saturated carbocycles. The Kier molecular flexibility index (Phi) is 5.98. The van der Waals surface area contributed by atoms with Crippen LogP contribution in [0, 0.1) is 5.82 Å². The van der Waals surface area contributed by atoms with Crippen LogP contribution in [0.15, 0.2) is 77.3 Å². The molecule has 6 heteroatoms. The van der Waals surface area contributed by atoms with E-state index in [0.29, 0.717) is 22.6 Å². The molecule has 0 saturated heterocycles. The molecule has 0 fully saturated rings. The van der Waals surface area contributed by atoms with Crippen molar-refractivity contribution >= 4 is 33.3 Å². The molecular weight excluding hydrogens is 413 g/mol. The third-order valence-electron chi connectivity index (χ3n) is 3.74. The number of benzene rings is 3. The molecule has 136 valence electrons. The van der Waals surface area contributed by atoms with E-state index in [1.54, 1.807) is 30.3 Å². The van der Waals surface area contributed by atoms with Gasteiger partial charge in [-0.1, -0.05) is 12.1 Å². The molecule has 0 atom stereocenters. The van der Waals surface area contributed by atoms with E-state index in [0.717, 1.165) is 4.47 Å². The van der Waals surface area contributed by atoms with Gasteiger partial charge in [0.1, 0.15) is 11.6 Å². The Balaban J connectivity index is 1.57. The zero-order chi connectivity index (χ0) is 19.2. The Morgan fingerprint density at radius 2 is 1.48 bits per heavy atom. The van der Waals surface area contributed by atoms with Gasteiger partial charge in [-0.05, 0) is 76.6 Å². The molecule has 0 unspecified atom stereocenters. The zero-order valence-corrected chi connectivity index (χ0v) is 15.7. The fourth-order valence-electron chi connectivity index (χ4n) is 2.37. The number of anilines is 1. The average molecular weight is 428 g/mol. The first kappa shape index (κ1) is 18.8. The van der Waals surface area contributed by atoms with Gasteiger partial charge in [0, 0.05) is 15.6 Å². The van der Waals surface area contributed by atoms with Crippen molar-refractivity contribution in [3.05, 3.63) is 94.2 Å². The molecule has 4 nitrogen and oxygen atoms in total. The van der Waals surface area contributed by atoms with Gasteiger partial charge in [-0.15, -0.1) is 0 Å². The molecule has 3 aromatic rings. The van der Waals surface area contributed by atoms with Crippen molar-refractivity contribution < 1.29 is 18.7 Å². The molecule has 0 bridgehead atoms. The Hall–Kier alpha value is -2.99. The van der Waals surface area contributed by atoms with Crippen LogP contribution < -0.4 is 10.1 Å². The topological polar surface area (TPSA) is 55.4 Å². The summed E-state index contributed by atoms with van der Waals surface area (Å²) >= 11 is 3.36. The second kappa shape index (κ2) is 8.60. The molecule has 0 aromatic heterocycles. The number of para-hydroxylation sites is 1. The Morgan fingerprint density at radius 1 is 0.889 bits per heavy atom. The lowest BCUT2D eigenvalue weighted by Gasteiger charge is -2.09. The highest BCUT2D eigenvalue weighted by molar-refractivity contribution is 9.10. The lowest BCUT2D eigenvalue weighted by Crippen LogP contribution is -2.20. The summed E-state index contributed by atoms with van der Waals surface area (Å²) in [6.45, 7) is -0.160. The highest BCUT2D eigenvalue weighted by atomic mass is 79.9. The Morgan fingerprint density at radius 3 is 2.11 bits per heavy atom. The summed E-state index contributed by atoms with van der Waals surface area (Å²) < 4.78 is 19.2. The molecule has 3 aromatic carbocycles. The molecule has 3 rings (SSSR count). The third-order valence-corrected chi connectivity index (χ3v) is 4.43. The number of hydrogen-bond acceptors (Lipinski definition) is 3. The quantitative estimate of drug-likeness (QED) is 0.572. The second-order valence-electron chi connectivity index (χ2n) is 5.68. The molecule has 0 aliphatic rings. The van der Waals surface area contributed by atoms with E-state index in [1.807, 2.05) is 18.2 Å². The summed E-state index contributed by atoms with van der Waals surface area (Å²) in [6.07, 6.45) is 0. The largest absolute Gasteiger partial charge is 0.484 e. The average Bonchev–Trinajstić information content (AvgIpc) is 2.69. The summed E-state index contributed by atoms with van der Waals surface area (Å²) in [5.41, 5.74) is 1.51. The third kappa shape index (κ3) is 5.01. The molecule has 0 heterocycles. The van der Waals surface area contributed by atoms with E-state index in [2.05, 4.69) is 21.2 Å². The first-order valence-electron chi connectivity index (χ1n) is 8.10. The fraction of sp³-hybridized carbons (Fsp3) is 0.0476. The van der Waals surface area contributed by atoms with Gasteiger partial charge in [-0.3, -0.25) is 9.59 Å². The lowest BCUT2D eigenvalue weighted by molar-refractivity contribution is -0.118. The van der Waals surface area contributed by atoms with Gasteiger partial charge in [-0.25, -0.2) is 4.39 Å². The normalized spacial score (nSPS) is 10.3. The predicted molar refractivity (Wildman–Crippen MR) is 105 cm³/mol. The van der Waals surface area contributed by atoms with Crippen LogP contribution in [0.25, 0.3) is 0 Å². The Bertz CT molecular complexity index is 956. The van der Waals surface area contributed by atoms with Gasteiger partial charge in [0.15, 0.2) is 12.4 Å². The number of carbonyl (C=O) groups is 2. The van der Waals surface area contributed by atoms with E-state index in [1.165, 1.54) is 24.3 Å². The van der Waals surface area contributed by atoms with Crippen LogP contribution in [0.2, 0.25) is 0 Å². The van der Waals surface area contributed by atoms with Crippen molar-refractivity contribution in [1.29, 1.82) is 0 Å². The van der Waals surface area contributed by atoms with Gasteiger partial charge < -0.3 is 10.1 Å². The first-order valence-corrected chi connectivity index (χ1v) is 8.90. The zero-order valence-electron chi connectivity index (χ0n) is 14.1. The number of halogens is 2. The number of amides is 1. The number of nitrogens with one attached hydrogen (secondary N) is 1. The van der Waals surface area contributed by atoms with E-state index < -0.39 is 5.82 Å². The number of rotatable bonds is 6. The van der Waals surface area contributed by atoms with E-state index in [4.69, 9.17) is 4.74 Å². The minimum absolute atomic E-state index is 0.160. The summed E-state index contributed by atoms with van der Waals surface area (Å²) in [7, 11) is 0. The summed E-state index contributed by atoms with van der Waals surface area (Å²) in [5.74, 6) is -0.439. The van der Waals surface area contributed by atoms with Crippen LogP contribution in [-0.4, -0.2) is 18.3 Å². The van der Waals surface area contributed by atoms with Gasteiger partial charge >= 0.3 is 0 Å². The number of ether oxygens (including phenoxy) is 1. The summed E-state index contributed by atoms with van der Waals surface area (Å²) in [5, 5.41) is 2.74. The van der Waals surface area contributed by atoms with Crippen molar-refractivity contribution in [3.63, 3.8) is 0 Å². The van der Waals surface area contributed by atoms with Crippen LogP contribution in [0.3, 0.4) is 0 Å². The monoisotopic (exact) mass is 427 g/mol. The Labute approximate surface area is 164 Å². The van der Waals surface area contributed by atoms with Gasteiger partial charge in [0.2, 0.25) is 0 Å². The van der Waals surface area contributed by atoms with Gasteiger partial charge in [0.25, 0.3) is 5.91 Å². The maximum Gasteiger partial charge on any atom is 0.262 e. The summed E-state index contributed by atoms with van der Waals surface area (Å²) in [4.78, 5) is 24.3. The van der Waals surface area contributed by atoms with Crippen molar-refractivity contribution in [2.24, 2.45) is 0 Å².